The lowest BCUT2D eigenvalue weighted by Gasteiger charge is -2.26. The second-order valence-corrected chi connectivity index (χ2v) is 5.54. The van der Waals surface area contributed by atoms with Crippen LogP contribution in [0.1, 0.15) is 57.3 Å². The first-order valence-electron chi connectivity index (χ1n) is 7.90. The highest BCUT2D eigenvalue weighted by Crippen LogP contribution is 2.24. The Hall–Kier alpha value is -0.800. The van der Waals surface area contributed by atoms with Gasteiger partial charge in [-0.1, -0.05) is 26.2 Å². The zero-order valence-electron chi connectivity index (χ0n) is 12.2. The smallest absolute Gasteiger partial charge is 0.122 e. The maximum atomic E-state index is 5.62. The van der Waals surface area contributed by atoms with Gasteiger partial charge in [-0.15, -0.1) is 0 Å². The molecule has 1 aromatic heterocycles. The Kier molecular flexibility index (Phi) is 6.45. The van der Waals surface area contributed by atoms with E-state index in [4.69, 9.17) is 4.42 Å². The monoisotopic (exact) mass is 264 g/mol. The Morgan fingerprint density at radius 2 is 2.11 bits per heavy atom. The maximum absolute atomic E-state index is 5.62. The van der Waals surface area contributed by atoms with E-state index in [9.17, 15) is 0 Å². The van der Waals surface area contributed by atoms with Gasteiger partial charge in [0.2, 0.25) is 0 Å². The van der Waals surface area contributed by atoms with Crippen LogP contribution >= 0.6 is 0 Å². The van der Waals surface area contributed by atoms with Gasteiger partial charge in [-0.2, -0.15) is 0 Å². The third-order valence-electron chi connectivity index (χ3n) is 4.00. The number of hydrogen-bond acceptors (Lipinski definition) is 3. The number of nitrogens with zero attached hydrogens (tertiary/aromatic N) is 1. The minimum Gasteiger partial charge on any atom is -0.468 e. The van der Waals surface area contributed by atoms with Crippen molar-refractivity contribution >= 4 is 0 Å². The second kappa shape index (κ2) is 8.39. The number of furan rings is 1. The van der Waals surface area contributed by atoms with Gasteiger partial charge >= 0.3 is 0 Å². The largest absolute Gasteiger partial charge is 0.468 e. The third-order valence-corrected chi connectivity index (χ3v) is 4.00. The molecule has 1 aliphatic rings. The van der Waals surface area contributed by atoms with Crippen LogP contribution in [0.4, 0.5) is 0 Å². The van der Waals surface area contributed by atoms with Crippen molar-refractivity contribution in [3.63, 3.8) is 0 Å². The highest BCUT2D eigenvalue weighted by Gasteiger charge is 2.24. The molecule has 0 spiro atoms. The number of unbranched alkanes of at least 4 members (excludes halogenated alkanes) is 3. The van der Waals surface area contributed by atoms with Crippen molar-refractivity contribution in [3.05, 3.63) is 24.2 Å². The minimum atomic E-state index is 0.420. The molecule has 0 aromatic carbocycles. The van der Waals surface area contributed by atoms with Gasteiger partial charge in [-0.25, -0.2) is 0 Å². The molecule has 108 valence electrons. The Morgan fingerprint density at radius 1 is 1.26 bits per heavy atom. The molecule has 2 heterocycles. The quantitative estimate of drug-likeness (QED) is 0.691. The summed E-state index contributed by atoms with van der Waals surface area (Å²) in [6.07, 6.45) is 9.75. The molecule has 19 heavy (non-hydrogen) atoms. The van der Waals surface area contributed by atoms with E-state index in [0.29, 0.717) is 6.04 Å². The molecule has 1 fully saturated rings. The lowest BCUT2D eigenvalue weighted by molar-refractivity contribution is 0.209. The molecular formula is C16H28N2O. The normalized spacial score (nSPS) is 17.9. The van der Waals surface area contributed by atoms with Gasteiger partial charge < -0.3 is 9.73 Å². The van der Waals surface area contributed by atoms with Crippen molar-refractivity contribution in [2.45, 2.75) is 51.5 Å². The molecule has 1 atom stereocenters. The molecule has 1 aromatic rings. The van der Waals surface area contributed by atoms with Gasteiger partial charge in [0.25, 0.3) is 0 Å². The zero-order valence-corrected chi connectivity index (χ0v) is 12.2. The highest BCUT2D eigenvalue weighted by molar-refractivity contribution is 5.06. The van der Waals surface area contributed by atoms with Crippen molar-refractivity contribution in [1.82, 2.24) is 10.2 Å². The minimum absolute atomic E-state index is 0.420. The van der Waals surface area contributed by atoms with Crippen LogP contribution in [-0.4, -0.2) is 31.1 Å². The van der Waals surface area contributed by atoms with E-state index in [1.165, 1.54) is 51.6 Å². The van der Waals surface area contributed by atoms with E-state index in [-0.39, 0.29) is 0 Å². The molecular weight excluding hydrogens is 236 g/mol. The fraction of sp³-hybridized carbons (Fsp3) is 0.750. The molecule has 1 N–H and O–H groups in total. The Labute approximate surface area is 117 Å². The fourth-order valence-corrected chi connectivity index (χ4v) is 2.86. The first kappa shape index (κ1) is 14.6. The van der Waals surface area contributed by atoms with Crippen LogP contribution in [0.15, 0.2) is 22.8 Å². The van der Waals surface area contributed by atoms with Crippen LogP contribution in [0.2, 0.25) is 0 Å². The van der Waals surface area contributed by atoms with Crippen LogP contribution in [-0.2, 0) is 0 Å². The van der Waals surface area contributed by atoms with Gasteiger partial charge in [0.15, 0.2) is 0 Å². The summed E-state index contributed by atoms with van der Waals surface area (Å²) < 4.78 is 5.62. The van der Waals surface area contributed by atoms with Crippen LogP contribution in [0, 0.1) is 0 Å². The summed E-state index contributed by atoms with van der Waals surface area (Å²) in [6, 6.07) is 4.53. The van der Waals surface area contributed by atoms with E-state index >= 15 is 0 Å². The molecule has 1 aliphatic heterocycles. The zero-order chi connectivity index (χ0) is 13.3. The predicted octanol–water partition coefficient (Wildman–Crippen LogP) is 3.59. The summed E-state index contributed by atoms with van der Waals surface area (Å²) in [6.45, 7) is 6.82. The Bertz CT molecular complexity index is 317. The van der Waals surface area contributed by atoms with Gasteiger partial charge in [-0.05, 0) is 51.0 Å². The molecule has 0 aliphatic carbocycles. The van der Waals surface area contributed by atoms with E-state index in [1.807, 2.05) is 6.07 Å². The molecule has 0 bridgehead atoms. The van der Waals surface area contributed by atoms with Crippen LogP contribution in [0.3, 0.4) is 0 Å². The van der Waals surface area contributed by atoms with Gasteiger partial charge in [0, 0.05) is 6.54 Å². The second-order valence-electron chi connectivity index (χ2n) is 5.54. The van der Waals surface area contributed by atoms with Gasteiger partial charge in [0.1, 0.15) is 5.76 Å². The van der Waals surface area contributed by atoms with Crippen LogP contribution in [0.5, 0.6) is 0 Å². The molecule has 2 rings (SSSR count). The first-order chi connectivity index (χ1) is 9.42. The summed E-state index contributed by atoms with van der Waals surface area (Å²) >= 11 is 0. The molecule has 0 amide bonds. The van der Waals surface area contributed by atoms with Gasteiger partial charge in [0.05, 0.1) is 12.3 Å². The SMILES string of the molecule is CCCCCCNCC(c1ccco1)N1CCCC1. The summed E-state index contributed by atoms with van der Waals surface area (Å²) in [5, 5.41) is 3.61. The van der Waals surface area contributed by atoms with E-state index in [1.54, 1.807) is 6.26 Å². The number of likely N-dealkylation sites (tertiary alicyclic amines) is 1. The molecule has 0 saturated carbocycles. The fourth-order valence-electron chi connectivity index (χ4n) is 2.86. The summed E-state index contributed by atoms with van der Waals surface area (Å²) in [5.41, 5.74) is 0. The van der Waals surface area contributed by atoms with E-state index in [0.717, 1.165) is 18.8 Å². The molecule has 1 unspecified atom stereocenters. The lowest BCUT2D eigenvalue weighted by atomic mass is 10.1. The van der Waals surface area contributed by atoms with E-state index in [2.05, 4.69) is 23.2 Å². The summed E-state index contributed by atoms with van der Waals surface area (Å²) in [5.74, 6) is 1.11. The predicted molar refractivity (Wildman–Crippen MR) is 79.3 cm³/mol. The van der Waals surface area contributed by atoms with Crippen molar-refractivity contribution in [1.29, 1.82) is 0 Å². The summed E-state index contributed by atoms with van der Waals surface area (Å²) in [7, 11) is 0. The number of nitrogens with one attached hydrogen (secondary N) is 1. The average molecular weight is 264 g/mol. The number of hydrogen-bond donors (Lipinski definition) is 1. The Balaban J connectivity index is 1.75. The molecule has 1 saturated heterocycles. The average Bonchev–Trinajstić information content (AvgIpc) is 3.11. The lowest BCUT2D eigenvalue weighted by Crippen LogP contribution is -2.34. The van der Waals surface area contributed by atoms with Crippen molar-refractivity contribution in [3.8, 4) is 0 Å². The Morgan fingerprint density at radius 3 is 2.79 bits per heavy atom. The molecule has 3 heteroatoms. The maximum Gasteiger partial charge on any atom is 0.122 e. The molecule has 3 nitrogen and oxygen atoms in total. The third kappa shape index (κ3) is 4.66. The summed E-state index contributed by atoms with van der Waals surface area (Å²) in [4.78, 5) is 2.55. The number of rotatable bonds is 9. The van der Waals surface area contributed by atoms with Crippen molar-refractivity contribution in [2.75, 3.05) is 26.2 Å². The standard InChI is InChI=1S/C16H28N2O/c1-2-3-4-5-10-17-14-15(16-9-8-13-19-16)18-11-6-7-12-18/h8-9,13,15,17H,2-7,10-12,14H2,1H3. The van der Waals surface area contributed by atoms with Crippen molar-refractivity contribution in [2.24, 2.45) is 0 Å². The highest BCUT2D eigenvalue weighted by atomic mass is 16.3. The molecule has 0 radical (unpaired) electrons. The van der Waals surface area contributed by atoms with Crippen LogP contribution in [0.25, 0.3) is 0 Å². The first-order valence-corrected chi connectivity index (χ1v) is 7.90. The van der Waals surface area contributed by atoms with Crippen molar-refractivity contribution < 1.29 is 4.42 Å². The van der Waals surface area contributed by atoms with Gasteiger partial charge in [-0.3, -0.25) is 4.90 Å². The topological polar surface area (TPSA) is 28.4 Å². The van der Waals surface area contributed by atoms with Crippen LogP contribution < -0.4 is 5.32 Å². The van der Waals surface area contributed by atoms with E-state index < -0.39 is 0 Å².